The van der Waals surface area contributed by atoms with Crippen LogP contribution >= 0.6 is 0 Å². The second-order valence-electron chi connectivity index (χ2n) is 4.50. The Labute approximate surface area is 102 Å². The minimum absolute atomic E-state index is 0.0244. The topological polar surface area (TPSA) is 58.7 Å². The van der Waals surface area contributed by atoms with Gasteiger partial charge < -0.3 is 10.6 Å². The molecule has 1 saturated carbocycles. The van der Waals surface area contributed by atoms with Gasteiger partial charge in [0.25, 0.3) is 0 Å². The number of aliphatic imine (C=N–C) groups is 1. The molecule has 1 heterocycles. The van der Waals surface area contributed by atoms with Gasteiger partial charge in [-0.25, -0.2) is 13.6 Å². The molecule has 6 heteroatoms. The molecule has 1 unspecified atom stereocenters. The van der Waals surface area contributed by atoms with Crippen molar-refractivity contribution in [3.05, 3.63) is 35.4 Å². The number of carbonyl (C=O) groups excluding carboxylic acids is 1. The van der Waals surface area contributed by atoms with Crippen molar-refractivity contribution >= 4 is 11.9 Å². The van der Waals surface area contributed by atoms with Crippen molar-refractivity contribution in [2.24, 2.45) is 10.7 Å². The standard InChI is InChI=1S/C12H11F2N3O/c13-8-3-1-2-7(9(8)14)10-11(15)16-12(18)17(10)6-4-5-6/h1-3,6,10H,4-5H2,(H2,15,16,18). The number of halogens is 2. The molecule has 1 aromatic rings. The lowest BCUT2D eigenvalue weighted by Gasteiger charge is -2.24. The Kier molecular flexibility index (Phi) is 2.33. The summed E-state index contributed by atoms with van der Waals surface area (Å²) in [6.45, 7) is 0. The first kappa shape index (κ1) is 11.1. The summed E-state index contributed by atoms with van der Waals surface area (Å²) in [5, 5.41) is 0. The number of amides is 2. The molecule has 3 rings (SSSR count). The van der Waals surface area contributed by atoms with E-state index in [-0.39, 0.29) is 17.4 Å². The zero-order chi connectivity index (χ0) is 12.9. The van der Waals surface area contributed by atoms with Gasteiger partial charge in [0.2, 0.25) is 0 Å². The van der Waals surface area contributed by atoms with E-state index in [1.54, 1.807) is 0 Å². The molecule has 1 atom stereocenters. The van der Waals surface area contributed by atoms with Gasteiger partial charge in [0.1, 0.15) is 11.9 Å². The number of amidine groups is 1. The van der Waals surface area contributed by atoms with Crippen LogP contribution in [0.2, 0.25) is 0 Å². The quantitative estimate of drug-likeness (QED) is 0.873. The van der Waals surface area contributed by atoms with Gasteiger partial charge >= 0.3 is 6.03 Å². The van der Waals surface area contributed by atoms with Gasteiger partial charge in [0.05, 0.1) is 0 Å². The van der Waals surface area contributed by atoms with E-state index in [4.69, 9.17) is 5.73 Å². The molecule has 94 valence electrons. The average Bonchev–Trinajstić information content (AvgIpc) is 3.09. The maximum atomic E-state index is 13.8. The number of benzene rings is 1. The molecular weight excluding hydrogens is 240 g/mol. The molecule has 1 aliphatic heterocycles. The largest absolute Gasteiger partial charge is 0.385 e. The van der Waals surface area contributed by atoms with Gasteiger partial charge in [-0.2, -0.15) is 4.99 Å². The predicted molar refractivity (Wildman–Crippen MR) is 61.0 cm³/mol. The van der Waals surface area contributed by atoms with E-state index >= 15 is 0 Å². The maximum absolute atomic E-state index is 13.8. The van der Waals surface area contributed by atoms with Crippen LogP contribution in [0.4, 0.5) is 13.6 Å². The number of nitrogens with zero attached hydrogens (tertiary/aromatic N) is 2. The fourth-order valence-electron chi connectivity index (χ4n) is 2.24. The molecule has 18 heavy (non-hydrogen) atoms. The van der Waals surface area contributed by atoms with Crippen LogP contribution in [0.1, 0.15) is 24.4 Å². The molecule has 0 radical (unpaired) electrons. The van der Waals surface area contributed by atoms with E-state index in [0.717, 1.165) is 18.9 Å². The highest BCUT2D eigenvalue weighted by Gasteiger charge is 2.44. The summed E-state index contributed by atoms with van der Waals surface area (Å²) in [7, 11) is 0. The van der Waals surface area contributed by atoms with Crippen molar-refractivity contribution in [1.82, 2.24) is 4.90 Å². The highest BCUT2D eigenvalue weighted by Crippen LogP contribution is 2.38. The molecular formula is C12H11F2N3O. The number of hydrogen-bond donors (Lipinski definition) is 1. The lowest BCUT2D eigenvalue weighted by Crippen LogP contribution is -2.35. The van der Waals surface area contributed by atoms with Crippen molar-refractivity contribution < 1.29 is 13.6 Å². The van der Waals surface area contributed by atoms with Crippen LogP contribution in [0.5, 0.6) is 0 Å². The normalized spacial score (nSPS) is 23.4. The molecule has 0 spiro atoms. The maximum Gasteiger partial charge on any atom is 0.346 e. The summed E-state index contributed by atoms with van der Waals surface area (Å²) < 4.78 is 27.0. The minimum atomic E-state index is -0.971. The van der Waals surface area contributed by atoms with Crippen LogP contribution in [0.25, 0.3) is 0 Å². The van der Waals surface area contributed by atoms with Crippen LogP contribution in [0.3, 0.4) is 0 Å². The number of rotatable bonds is 2. The van der Waals surface area contributed by atoms with E-state index in [9.17, 15) is 13.6 Å². The summed E-state index contributed by atoms with van der Waals surface area (Å²) in [6, 6.07) is 2.65. The zero-order valence-electron chi connectivity index (χ0n) is 9.44. The Hall–Kier alpha value is -1.98. The first-order valence-corrected chi connectivity index (χ1v) is 5.70. The summed E-state index contributed by atoms with van der Waals surface area (Å²) in [5.41, 5.74) is 5.74. The Morgan fingerprint density at radius 3 is 2.72 bits per heavy atom. The summed E-state index contributed by atoms with van der Waals surface area (Å²) in [5.74, 6) is -1.90. The van der Waals surface area contributed by atoms with Crippen LogP contribution < -0.4 is 5.73 Å². The molecule has 2 N–H and O–H groups in total. The van der Waals surface area contributed by atoms with Crippen molar-refractivity contribution in [3.63, 3.8) is 0 Å². The second-order valence-corrected chi connectivity index (χ2v) is 4.50. The van der Waals surface area contributed by atoms with Crippen molar-refractivity contribution in [3.8, 4) is 0 Å². The van der Waals surface area contributed by atoms with E-state index in [1.807, 2.05) is 0 Å². The van der Waals surface area contributed by atoms with Gasteiger partial charge in [0.15, 0.2) is 11.6 Å². The van der Waals surface area contributed by atoms with Crippen LogP contribution in [-0.2, 0) is 0 Å². The molecule has 0 aromatic heterocycles. The van der Waals surface area contributed by atoms with Crippen molar-refractivity contribution in [2.45, 2.75) is 24.9 Å². The van der Waals surface area contributed by atoms with Gasteiger partial charge in [-0.3, -0.25) is 0 Å². The van der Waals surface area contributed by atoms with Crippen LogP contribution in [0, 0.1) is 11.6 Å². The molecule has 2 amide bonds. The fourth-order valence-corrected chi connectivity index (χ4v) is 2.24. The molecule has 1 fully saturated rings. The number of carbonyl (C=O) groups is 1. The number of nitrogens with two attached hydrogens (primary N) is 1. The SMILES string of the molecule is NC1=NC(=O)N(C2CC2)C1c1cccc(F)c1F. The first-order chi connectivity index (χ1) is 8.59. The third-order valence-corrected chi connectivity index (χ3v) is 3.22. The van der Waals surface area contributed by atoms with E-state index in [0.29, 0.717) is 0 Å². The summed E-state index contributed by atoms with van der Waals surface area (Å²) in [6.07, 6.45) is 1.70. The Morgan fingerprint density at radius 2 is 2.06 bits per heavy atom. The van der Waals surface area contributed by atoms with E-state index in [1.165, 1.54) is 17.0 Å². The first-order valence-electron chi connectivity index (χ1n) is 5.70. The van der Waals surface area contributed by atoms with Crippen LogP contribution in [0.15, 0.2) is 23.2 Å². The zero-order valence-corrected chi connectivity index (χ0v) is 9.44. The molecule has 0 saturated heterocycles. The monoisotopic (exact) mass is 251 g/mol. The summed E-state index contributed by atoms with van der Waals surface area (Å²) in [4.78, 5) is 16.8. The highest BCUT2D eigenvalue weighted by atomic mass is 19.2. The smallest absolute Gasteiger partial charge is 0.346 e. The number of hydrogen-bond acceptors (Lipinski definition) is 2. The molecule has 1 aromatic carbocycles. The van der Waals surface area contributed by atoms with Gasteiger partial charge in [-0.05, 0) is 18.9 Å². The second kappa shape index (κ2) is 3.76. The molecule has 2 aliphatic rings. The van der Waals surface area contributed by atoms with Crippen molar-refractivity contribution in [2.75, 3.05) is 0 Å². The number of urea groups is 1. The van der Waals surface area contributed by atoms with E-state index in [2.05, 4.69) is 4.99 Å². The lowest BCUT2D eigenvalue weighted by atomic mass is 10.0. The molecule has 1 aliphatic carbocycles. The Bertz CT molecular complexity index is 554. The Morgan fingerprint density at radius 1 is 1.33 bits per heavy atom. The van der Waals surface area contributed by atoms with Gasteiger partial charge in [-0.1, -0.05) is 12.1 Å². The third kappa shape index (κ3) is 1.56. The lowest BCUT2D eigenvalue weighted by molar-refractivity contribution is 0.202. The molecule has 0 bridgehead atoms. The Balaban J connectivity index is 2.06. The minimum Gasteiger partial charge on any atom is -0.385 e. The predicted octanol–water partition coefficient (Wildman–Crippen LogP) is 1.96. The van der Waals surface area contributed by atoms with E-state index < -0.39 is 23.7 Å². The highest BCUT2D eigenvalue weighted by molar-refractivity contribution is 6.03. The third-order valence-electron chi connectivity index (χ3n) is 3.22. The fraction of sp³-hybridized carbons (Fsp3) is 0.333. The van der Waals surface area contributed by atoms with Gasteiger partial charge in [-0.15, -0.1) is 0 Å². The average molecular weight is 251 g/mol. The van der Waals surface area contributed by atoms with Crippen LogP contribution in [-0.4, -0.2) is 22.8 Å². The molecule has 4 nitrogen and oxygen atoms in total. The van der Waals surface area contributed by atoms with Gasteiger partial charge in [0, 0.05) is 11.6 Å². The summed E-state index contributed by atoms with van der Waals surface area (Å²) >= 11 is 0. The van der Waals surface area contributed by atoms with Crippen molar-refractivity contribution in [1.29, 1.82) is 0 Å².